The largest absolute Gasteiger partial charge is 0.342 e. The number of aromatic nitrogens is 3. The van der Waals surface area contributed by atoms with Gasteiger partial charge in [0.25, 0.3) is 11.6 Å². The Kier molecular flexibility index (Phi) is 8.37. The van der Waals surface area contributed by atoms with E-state index in [4.69, 9.17) is 0 Å². The van der Waals surface area contributed by atoms with Crippen molar-refractivity contribution in [3.8, 4) is 0 Å². The SMILES string of the molecule is C=CCn1c(SCC(=O)Nc2ccc([N+](=O)[O-])cc2C)nnc1[C@H](C)NC(=O)c1cccc(C)c1. The predicted octanol–water partition coefficient (Wildman–Crippen LogP) is 4.21. The van der Waals surface area contributed by atoms with Crippen molar-refractivity contribution in [3.05, 3.63) is 87.7 Å². The Morgan fingerprint density at radius 2 is 2.00 bits per heavy atom. The minimum absolute atomic E-state index is 0.0384. The normalized spacial score (nSPS) is 11.5. The van der Waals surface area contributed by atoms with E-state index in [0.717, 1.165) is 5.56 Å². The molecule has 0 bridgehead atoms. The quantitative estimate of drug-likeness (QED) is 0.187. The van der Waals surface area contributed by atoms with Crippen LogP contribution in [0.25, 0.3) is 0 Å². The van der Waals surface area contributed by atoms with Crippen molar-refractivity contribution in [2.24, 2.45) is 0 Å². The van der Waals surface area contributed by atoms with Crippen LogP contribution in [0.3, 0.4) is 0 Å². The number of hydrogen-bond donors (Lipinski definition) is 2. The molecule has 0 saturated heterocycles. The van der Waals surface area contributed by atoms with E-state index in [1.165, 1.54) is 30.0 Å². The Labute approximate surface area is 207 Å². The monoisotopic (exact) mass is 494 g/mol. The van der Waals surface area contributed by atoms with Gasteiger partial charge < -0.3 is 15.2 Å². The maximum absolute atomic E-state index is 12.6. The summed E-state index contributed by atoms with van der Waals surface area (Å²) in [4.78, 5) is 35.6. The van der Waals surface area contributed by atoms with Gasteiger partial charge in [-0.25, -0.2) is 0 Å². The number of carbonyl (C=O) groups excluding carboxylic acids is 2. The fourth-order valence-electron chi connectivity index (χ4n) is 3.38. The third-order valence-corrected chi connectivity index (χ3v) is 6.07. The molecule has 2 aromatic carbocycles. The molecule has 1 heterocycles. The highest BCUT2D eigenvalue weighted by atomic mass is 32.2. The van der Waals surface area contributed by atoms with Gasteiger partial charge in [0.1, 0.15) is 0 Å². The van der Waals surface area contributed by atoms with Crippen molar-refractivity contribution in [1.29, 1.82) is 0 Å². The number of carbonyl (C=O) groups is 2. The van der Waals surface area contributed by atoms with Crippen molar-refractivity contribution in [3.63, 3.8) is 0 Å². The van der Waals surface area contributed by atoms with Gasteiger partial charge in [-0.05, 0) is 44.5 Å². The smallest absolute Gasteiger partial charge is 0.269 e. The average molecular weight is 495 g/mol. The van der Waals surface area contributed by atoms with Crippen molar-refractivity contribution in [2.45, 2.75) is 38.5 Å². The fourth-order valence-corrected chi connectivity index (χ4v) is 4.13. The van der Waals surface area contributed by atoms with E-state index in [0.29, 0.717) is 34.3 Å². The lowest BCUT2D eigenvalue weighted by Crippen LogP contribution is -2.29. The van der Waals surface area contributed by atoms with Gasteiger partial charge in [0, 0.05) is 29.9 Å². The third kappa shape index (κ3) is 6.54. The van der Waals surface area contributed by atoms with Crippen LogP contribution >= 0.6 is 11.8 Å². The molecule has 0 saturated carbocycles. The van der Waals surface area contributed by atoms with Gasteiger partial charge in [-0.2, -0.15) is 0 Å². The maximum Gasteiger partial charge on any atom is 0.269 e. The molecule has 35 heavy (non-hydrogen) atoms. The Balaban J connectivity index is 1.67. The van der Waals surface area contributed by atoms with E-state index < -0.39 is 11.0 Å². The van der Waals surface area contributed by atoms with Gasteiger partial charge >= 0.3 is 0 Å². The summed E-state index contributed by atoms with van der Waals surface area (Å²) < 4.78 is 1.79. The summed E-state index contributed by atoms with van der Waals surface area (Å²) in [6, 6.07) is 11.1. The topological polar surface area (TPSA) is 132 Å². The zero-order valence-corrected chi connectivity index (χ0v) is 20.5. The van der Waals surface area contributed by atoms with Crippen molar-refractivity contribution in [2.75, 3.05) is 11.1 Å². The highest BCUT2D eigenvalue weighted by Crippen LogP contribution is 2.24. The molecular formula is C24H26N6O4S. The van der Waals surface area contributed by atoms with Crippen molar-refractivity contribution in [1.82, 2.24) is 20.1 Å². The second-order valence-electron chi connectivity index (χ2n) is 7.90. The number of nitrogens with zero attached hydrogens (tertiary/aromatic N) is 4. The molecule has 0 spiro atoms. The number of aryl methyl sites for hydroxylation is 2. The van der Waals surface area contributed by atoms with Gasteiger partial charge in [-0.3, -0.25) is 19.7 Å². The van der Waals surface area contributed by atoms with Crippen molar-refractivity contribution >= 4 is 35.0 Å². The number of allylic oxidation sites excluding steroid dienone is 1. The van der Waals surface area contributed by atoms with Gasteiger partial charge in [-0.15, -0.1) is 16.8 Å². The number of benzene rings is 2. The summed E-state index contributed by atoms with van der Waals surface area (Å²) in [6.45, 7) is 9.60. The molecule has 2 amide bonds. The molecule has 2 N–H and O–H groups in total. The number of nitro groups is 1. The minimum atomic E-state index is -0.483. The molecule has 10 nitrogen and oxygen atoms in total. The fraction of sp³-hybridized carbons (Fsp3) is 0.250. The Morgan fingerprint density at radius 1 is 1.23 bits per heavy atom. The molecular weight excluding hydrogens is 468 g/mol. The van der Waals surface area contributed by atoms with E-state index in [1.54, 1.807) is 23.6 Å². The number of anilines is 1. The number of rotatable bonds is 10. The van der Waals surface area contributed by atoms with E-state index in [1.807, 2.05) is 32.0 Å². The molecule has 0 aliphatic rings. The molecule has 0 fully saturated rings. The molecule has 182 valence electrons. The predicted molar refractivity (Wildman–Crippen MR) is 134 cm³/mol. The molecule has 0 aliphatic heterocycles. The maximum atomic E-state index is 12.6. The van der Waals surface area contributed by atoms with E-state index >= 15 is 0 Å². The molecule has 11 heteroatoms. The lowest BCUT2D eigenvalue weighted by Gasteiger charge is -2.15. The first-order valence-electron chi connectivity index (χ1n) is 10.8. The van der Waals surface area contributed by atoms with Crippen molar-refractivity contribution < 1.29 is 14.5 Å². The molecule has 0 radical (unpaired) electrons. The first-order chi connectivity index (χ1) is 16.7. The number of non-ortho nitro benzene ring substituents is 1. The first-order valence-corrected chi connectivity index (χ1v) is 11.8. The number of hydrogen-bond acceptors (Lipinski definition) is 7. The summed E-state index contributed by atoms with van der Waals surface area (Å²) >= 11 is 1.19. The first kappa shape index (κ1) is 25.6. The van der Waals surface area contributed by atoms with Crippen LogP contribution in [-0.4, -0.2) is 37.3 Å². The average Bonchev–Trinajstić information content (AvgIpc) is 3.21. The molecule has 3 rings (SSSR count). The lowest BCUT2D eigenvalue weighted by atomic mass is 10.1. The van der Waals surface area contributed by atoms with Gasteiger partial charge in [-0.1, -0.05) is 35.5 Å². The second kappa shape index (κ2) is 11.4. The number of amides is 2. The molecule has 3 aromatic rings. The summed E-state index contributed by atoms with van der Waals surface area (Å²) in [5.41, 5.74) is 2.60. The number of thioether (sulfide) groups is 1. The summed E-state index contributed by atoms with van der Waals surface area (Å²) in [5, 5.41) is 25.5. The zero-order valence-electron chi connectivity index (χ0n) is 19.6. The van der Waals surface area contributed by atoms with Crippen LogP contribution in [0.1, 0.15) is 40.3 Å². The highest BCUT2D eigenvalue weighted by molar-refractivity contribution is 7.99. The van der Waals surface area contributed by atoms with E-state index in [2.05, 4.69) is 27.4 Å². The van der Waals surface area contributed by atoms with Crippen LogP contribution < -0.4 is 10.6 Å². The summed E-state index contributed by atoms with van der Waals surface area (Å²) in [7, 11) is 0. The van der Waals surface area contributed by atoms with Crippen LogP contribution in [-0.2, 0) is 11.3 Å². The minimum Gasteiger partial charge on any atom is -0.342 e. The van der Waals surface area contributed by atoms with Crippen LogP contribution in [0.2, 0.25) is 0 Å². The number of nitro benzene ring substituents is 1. The molecule has 0 aliphatic carbocycles. The van der Waals surface area contributed by atoms with Crippen LogP contribution in [0.5, 0.6) is 0 Å². The summed E-state index contributed by atoms with van der Waals surface area (Å²) in [5.74, 6) is 0.0827. The van der Waals surface area contributed by atoms with Gasteiger partial charge in [0.15, 0.2) is 11.0 Å². The third-order valence-electron chi connectivity index (χ3n) is 5.10. The van der Waals surface area contributed by atoms with Gasteiger partial charge in [0.2, 0.25) is 5.91 Å². The molecule has 1 atom stereocenters. The lowest BCUT2D eigenvalue weighted by molar-refractivity contribution is -0.384. The Bertz CT molecular complexity index is 1270. The van der Waals surface area contributed by atoms with Crippen LogP contribution in [0, 0.1) is 24.0 Å². The number of nitrogens with one attached hydrogen (secondary N) is 2. The van der Waals surface area contributed by atoms with Crippen LogP contribution in [0.15, 0.2) is 60.3 Å². The summed E-state index contributed by atoms with van der Waals surface area (Å²) in [6.07, 6.45) is 1.69. The van der Waals surface area contributed by atoms with Crippen LogP contribution in [0.4, 0.5) is 11.4 Å². The zero-order chi connectivity index (χ0) is 25.5. The Morgan fingerprint density at radius 3 is 2.66 bits per heavy atom. The molecule has 0 unspecified atom stereocenters. The van der Waals surface area contributed by atoms with E-state index in [9.17, 15) is 19.7 Å². The van der Waals surface area contributed by atoms with E-state index in [-0.39, 0.29) is 23.3 Å². The highest BCUT2D eigenvalue weighted by Gasteiger charge is 2.21. The molecule has 1 aromatic heterocycles. The Hall–Kier alpha value is -3.99. The second-order valence-corrected chi connectivity index (χ2v) is 8.84. The standard InChI is InChI=1S/C24H26N6O4S/c1-5-11-29-22(17(4)25-23(32)18-8-6-7-15(2)12-18)27-28-24(29)35-14-21(31)26-20-10-9-19(30(33)34)13-16(20)3/h5-10,12-13,17H,1,11,14H2,2-4H3,(H,25,32)(H,26,31)/t17-/m0/s1. The van der Waals surface area contributed by atoms with Gasteiger partial charge in [0.05, 0.1) is 16.7 Å².